The van der Waals surface area contributed by atoms with Crippen LogP contribution in [0.1, 0.15) is 5.56 Å². The summed E-state index contributed by atoms with van der Waals surface area (Å²) < 4.78 is 11.3. The van der Waals surface area contributed by atoms with Crippen LogP contribution in [0, 0.1) is 0 Å². The second-order valence-corrected chi connectivity index (χ2v) is 6.61. The third-order valence-corrected chi connectivity index (χ3v) is 4.59. The molecule has 1 fully saturated rings. The van der Waals surface area contributed by atoms with E-state index in [0.717, 1.165) is 49.6 Å². The number of benzene rings is 2. The molecule has 5 nitrogen and oxygen atoms in total. The zero-order valence-electron chi connectivity index (χ0n) is 16.0. The molecule has 28 heavy (non-hydrogen) atoms. The number of rotatable bonds is 8. The number of para-hydroxylation sites is 1. The van der Waals surface area contributed by atoms with Crippen LogP contribution in [0.15, 0.2) is 48.5 Å². The number of nitrogens with zero attached hydrogens (tertiary/aromatic N) is 1. The highest BCUT2D eigenvalue weighted by atomic mass is 35.5. The van der Waals surface area contributed by atoms with Gasteiger partial charge in [-0.2, -0.15) is 0 Å². The molecule has 0 bridgehead atoms. The van der Waals surface area contributed by atoms with Crippen LogP contribution in [-0.4, -0.2) is 62.1 Å². The van der Waals surface area contributed by atoms with E-state index in [0.29, 0.717) is 13.1 Å². The van der Waals surface area contributed by atoms with Gasteiger partial charge in [0.05, 0.1) is 13.2 Å². The Morgan fingerprint density at radius 1 is 1.04 bits per heavy atom. The number of nitrogens with two attached hydrogens (primary N) is 1. The number of halogens is 2. The van der Waals surface area contributed by atoms with Crippen LogP contribution < -0.4 is 10.5 Å². The van der Waals surface area contributed by atoms with Crippen LogP contribution in [0.5, 0.6) is 5.75 Å². The van der Waals surface area contributed by atoms with Crippen LogP contribution in [-0.2, 0) is 11.2 Å². The molecule has 7 heteroatoms. The first-order chi connectivity index (χ1) is 12.8. The van der Waals surface area contributed by atoms with Gasteiger partial charge in [-0.15, -0.1) is 24.8 Å². The molecular formula is C21H30Cl2N2O3. The lowest BCUT2D eigenvalue weighted by Gasteiger charge is -2.28. The normalized spacial score (nSPS) is 15.2. The van der Waals surface area contributed by atoms with Crippen molar-refractivity contribution in [1.82, 2.24) is 4.90 Å². The smallest absolute Gasteiger partial charge is 0.127 e. The summed E-state index contributed by atoms with van der Waals surface area (Å²) in [6, 6.07) is 16.3. The van der Waals surface area contributed by atoms with Gasteiger partial charge in [-0.1, -0.05) is 42.5 Å². The lowest BCUT2D eigenvalue weighted by atomic mass is 10.0. The molecule has 2 aromatic carbocycles. The van der Waals surface area contributed by atoms with Crippen molar-refractivity contribution in [3.05, 3.63) is 54.1 Å². The van der Waals surface area contributed by atoms with E-state index >= 15 is 0 Å². The number of ether oxygens (including phenoxy) is 2. The maximum Gasteiger partial charge on any atom is 0.127 e. The maximum atomic E-state index is 10.3. The molecule has 1 saturated heterocycles. The van der Waals surface area contributed by atoms with Gasteiger partial charge in [0.1, 0.15) is 18.5 Å². The Hall–Kier alpha value is -1.34. The number of morpholine rings is 1. The molecule has 1 heterocycles. The fraction of sp³-hybridized carbons (Fsp3) is 0.429. The maximum absolute atomic E-state index is 10.3. The predicted octanol–water partition coefficient (Wildman–Crippen LogP) is 2.77. The molecule has 156 valence electrons. The molecule has 0 aliphatic carbocycles. The third kappa shape index (κ3) is 7.24. The third-order valence-electron chi connectivity index (χ3n) is 4.59. The number of aliphatic hydroxyl groups is 1. The quantitative estimate of drug-likeness (QED) is 0.676. The number of hydrogen-bond acceptors (Lipinski definition) is 5. The highest BCUT2D eigenvalue weighted by Crippen LogP contribution is 2.30. The summed E-state index contributed by atoms with van der Waals surface area (Å²) in [6.07, 6.45) is 0.361. The van der Waals surface area contributed by atoms with Gasteiger partial charge in [-0.05, 0) is 30.2 Å². The van der Waals surface area contributed by atoms with E-state index in [1.54, 1.807) is 0 Å². The average Bonchev–Trinajstić information content (AvgIpc) is 2.68. The zero-order valence-corrected chi connectivity index (χ0v) is 17.6. The molecule has 0 radical (unpaired) electrons. The van der Waals surface area contributed by atoms with Gasteiger partial charge in [-0.3, -0.25) is 4.90 Å². The zero-order chi connectivity index (χ0) is 18.2. The Balaban J connectivity index is 0.00000196. The lowest BCUT2D eigenvalue weighted by molar-refractivity contribution is 0.00471. The first kappa shape index (κ1) is 24.7. The van der Waals surface area contributed by atoms with E-state index in [2.05, 4.69) is 29.2 Å². The van der Waals surface area contributed by atoms with Crippen molar-refractivity contribution >= 4 is 24.8 Å². The van der Waals surface area contributed by atoms with Gasteiger partial charge >= 0.3 is 0 Å². The highest BCUT2D eigenvalue weighted by molar-refractivity contribution is 5.85. The molecule has 0 aromatic heterocycles. The van der Waals surface area contributed by atoms with Gasteiger partial charge in [0, 0.05) is 25.2 Å². The molecule has 0 amide bonds. The van der Waals surface area contributed by atoms with Gasteiger partial charge in [0.2, 0.25) is 0 Å². The minimum absolute atomic E-state index is 0. The van der Waals surface area contributed by atoms with Crippen LogP contribution in [0.4, 0.5) is 0 Å². The number of β-amino-alcohol motifs (C(OH)–C–C–N with tert-alkyl or cyclic N) is 1. The molecule has 0 saturated carbocycles. The summed E-state index contributed by atoms with van der Waals surface area (Å²) in [7, 11) is 0. The standard InChI is InChI=1S/C21H28N2O3.2ClH/c22-10-9-17-5-7-18(8-6-17)20-3-1-2-4-21(20)26-16-19(24)15-23-11-13-25-14-12-23;;/h1-8,19,24H,9-16,22H2;2*1H. The van der Waals surface area contributed by atoms with Crippen molar-refractivity contribution in [2.45, 2.75) is 12.5 Å². The Kier molecular flexibility index (Phi) is 11.5. The molecule has 1 aliphatic rings. The summed E-state index contributed by atoms with van der Waals surface area (Å²) >= 11 is 0. The summed E-state index contributed by atoms with van der Waals surface area (Å²) in [6.45, 7) is 4.73. The van der Waals surface area contributed by atoms with Crippen LogP contribution in [0.2, 0.25) is 0 Å². The molecule has 3 rings (SSSR count). The predicted molar refractivity (Wildman–Crippen MR) is 118 cm³/mol. The summed E-state index contributed by atoms with van der Waals surface area (Å²) in [4.78, 5) is 2.21. The average molecular weight is 429 g/mol. The number of hydrogen-bond donors (Lipinski definition) is 2. The van der Waals surface area contributed by atoms with Crippen molar-refractivity contribution in [3.63, 3.8) is 0 Å². The second-order valence-electron chi connectivity index (χ2n) is 6.61. The lowest BCUT2D eigenvalue weighted by Crippen LogP contribution is -2.42. The van der Waals surface area contributed by atoms with Crippen molar-refractivity contribution < 1.29 is 14.6 Å². The molecule has 1 aliphatic heterocycles. The molecule has 0 spiro atoms. The van der Waals surface area contributed by atoms with Crippen molar-refractivity contribution in [1.29, 1.82) is 0 Å². The molecule has 2 aromatic rings. The van der Waals surface area contributed by atoms with Gasteiger partial charge in [0.25, 0.3) is 0 Å². The Morgan fingerprint density at radius 3 is 2.39 bits per heavy atom. The molecule has 3 N–H and O–H groups in total. The second kappa shape index (κ2) is 13.0. The molecule has 1 atom stereocenters. The first-order valence-corrected chi connectivity index (χ1v) is 9.25. The minimum atomic E-state index is -0.520. The minimum Gasteiger partial charge on any atom is -0.490 e. The van der Waals surface area contributed by atoms with Crippen LogP contribution in [0.25, 0.3) is 11.1 Å². The topological polar surface area (TPSA) is 68.0 Å². The summed E-state index contributed by atoms with van der Waals surface area (Å²) in [5, 5.41) is 10.3. The van der Waals surface area contributed by atoms with Gasteiger partial charge in [0.15, 0.2) is 0 Å². The summed E-state index contributed by atoms with van der Waals surface area (Å²) in [5.74, 6) is 0.792. The van der Waals surface area contributed by atoms with Gasteiger partial charge in [-0.25, -0.2) is 0 Å². The Bertz CT molecular complexity index is 680. The Labute approximate surface area is 179 Å². The van der Waals surface area contributed by atoms with E-state index in [4.69, 9.17) is 15.2 Å². The van der Waals surface area contributed by atoms with E-state index in [1.165, 1.54) is 5.56 Å². The van der Waals surface area contributed by atoms with E-state index in [1.807, 2.05) is 24.3 Å². The van der Waals surface area contributed by atoms with Gasteiger partial charge < -0.3 is 20.3 Å². The molecule has 1 unspecified atom stereocenters. The van der Waals surface area contributed by atoms with Crippen molar-refractivity contribution in [2.24, 2.45) is 5.73 Å². The van der Waals surface area contributed by atoms with Crippen LogP contribution in [0.3, 0.4) is 0 Å². The van der Waals surface area contributed by atoms with Crippen molar-refractivity contribution in [3.8, 4) is 16.9 Å². The van der Waals surface area contributed by atoms with E-state index in [-0.39, 0.29) is 31.4 Å². The first-order valence-electron chi connectivity index (χ1n) is 9.25. The fourth-order valence-electron chi connectivity index (χ4n) is 3.17. The monoisotopic (exact) mass is 428 g/mol. The fourth-order valence-corrected chi connectivity index (χ4v) is 3.17. The van der Waals surface area contributed by atoms with Crippen molar-refractivity contribution in [2.75, 3.05) is 46.0 Å². The Morgan fingerprint density at radius 2 is 1.71 bits per heavy atom. The van der Waals surface area contributed by atoms with Crippen LogP contribution >= 0.6 is 24.8 Å². The SMILES string of the molecule is Cl.Cl.NCCc1ccc(-c2ccccc2OCC(O)CN2CCOCC2)cc1. The highest BCUT2D eigenvalue weighted by Gasteiger charge is 2.16. The van der Waals surface area contributed by atoms with E-state index < -0.39 is 6.10 Å². The molecular weight excluding hydrogens is 399 g/mol. The van der Waals surface area contributed by atoms with E-state index in [9.17, 15) is 5.11 Å². The summed E-state index contributed by atoms with van der Waals surface area (Å²) in [5.41, 5.74) is 8.98. The number of aliphatic hydroxyl groups excluding tert-OH is 1. The largest absolute Gasteiger partial charge is 0.490 e.